The lowest BCUT2D eigenvalue weighted by atomic mass is 9.87. The molecule has 0 saturated heterocycles. The van der Waals surface area contributed by atoms with Gasteiger partial charge in [0.2, 0.25) is 5.91 Å². The highest BCUT2D eigenvalue weighted by Gasteiger charge is 2.29. The number of nitrogens with one attached hydrogen (secondary N) is 1. The molecule has 0 fully saturated rings. The van der Waals surface area contributed by atoms with Crippen molar-refractivity contribution < 1.29 is 19.4 Å². The van der Waals surface area contributed by atoms with Gasteiger partial charge in [-0.15, -0.1) is 0 Å². The first-order valence-corrected chi connectivity index (χ1v) is 10.9. The van der Waals surface area contributed by atoms with E-state index in [9.17, 15) is 14.7 Å². The van der Waals surface area contributed by atoms with Gasteiger partial charge in [-0.2, -0.15) is 0 Å². The number of aliphatic hydroxyl groups excluding tert-OH is 1. The molecule has 0 bridgehead atoms. The summed E-state index contributed by atoms with van der Waals surface area (Å²) in [6.45, 7) is 8.12. The maximum Gasteiger partial charge on any atom is 0.259 e. The molecule has 0 radical (unpaired) electrons. The van der Waals surface area contributed by atoms with Crippen molar-refractivity contribution in [2.24, 2.45) is 5.73 Å². The summed E-state index contributed by atoms with van der Waals surface area (Å²) in [7, 11) is 0. The minimum atomic E-state index is -1.09. The topological polar surface area (TPSA) is 116 Å². The third-order valence-electron chi connectivity index (χ3n) is 5.95. The minimum Gasteiger partial charge on any atom is -0.486 e. The summed E-state index contributed by atoms with van der Waals surface area (Å²) < 4.78 is 13.2. The van der Waals surface area contributed by atoms with Gasteiger partial charge in [-0.25, -0.2) is 0 Å². The van der Waals surface area contributed by atoms with Crippen LogP contribution in [-0.4, -0.2) is 34.5 Å². The number of nitrogens with two attached hydrogens (primary N) is 1. The molecule has 3 atom stereocenters. The van der Waals surface area contributed by atoms with Crippen molar-refractivity contribution in [1.82, 2.24) is 4.57 Å². The lowest BCUT2D eigenvalue weighted by Crippen LogP contribution is -2.44. The molecule has 0 aliphatic carbocycles. The van der Waals surface area contributed by atoms with Crippen LogP contribution in [-0.2, 0) is 10.2 Å². The molecule has 8 heteroatoms. The van der Waals surface area contributed by atoms with Gasteiger partial charge < -0.3 is 30.2 Å². The average molecular weight is 452 g/mol. The number of primary amides is 1. The molecule has 2 unspecified atom stereocenters. The van der Waals surface area contributed by atoms with E-state index in [-0.39, 0.29) is 17.6 Å². The smallest absolute Gasteiger partial charge is 0.259 e. The number of carbonyl (C=O) groups is 1. The molecule has 1 aromatic heterocycles. The van der Waals surface area contributed by atoms with Crippen LogP contribution in [0.5, 0.6) is 11.5 Å². The average Bonchev–Trinajstić information content (AvgIpc) is 2.78. The Hall–Kier alpha value is -3.52. The monoisotopic (exact) mass is 451 g/mol. The number of hydrogen-bond acceptors (Lipinski definition) is 6. The number of benzene rings is 2. The number of aromatic nitrogens is 1. The van der Waals surface area contributed by atoms with Gasteiger partial charge in [-0.05, 0) is 48.2 Å². The second-order valence-electron chi connectivity index (χ2n) is 9.34. The van der Waals surface area contributed by atoms with Crippen LogP contribution < -0.4 is 26.1 Å². The van der Waals surface area contributed by atoms with Gasteiger partial charge in [0, 0.05) is 22.7 Å². The first-order valence-electron chi connectivity index (χ1n) is 10.9. The van der Waals surface area contributed by atoms with Gasteiger partial charge in [-0.1, -0.05) is 32.9 Å². The zero-order valence-corrected chi connectivity index (χ0v) is 19.2. The third-order valence-corrected chi connectivity index (χ3v) is 5.95. The van der Waals surface area contributed by atoms with E-state index in [1.165, 1.54) is 10.8 Å². The van der Waals surface area contributed by atoms with Crippen LogP contribution in [0.15, 0.2) is 53.5 Å². The van der Waals surface area contributed by atoms with Crippen LogP contribution in [0.25, 0.3) is 10.8 Å². The summed E-state index contributed by atoms with van der Waals surface area (Å²) >= 11 is 0. The number of ether oxygens (including phenoxy) is 2. The molecule has 33 heavy (non-hydrogen) atoms. The first kappa shape index (κ1) is 22.7. The van der Waals surface area contributed by atoms with Crippen LogP contribution in [0.4, 0.5) is 5.69 Å². The van der Waals surface area contributed by atoms with E-state index in [1.54, 1.807) is 31.2 Å². The van der Waals surface area contributed by atoms with Crippen LogP contribution in [0.3, 0.4) is 0 Å². The van der Waals surface area contributed by atoms with Gasteiger partial charge >= 0.3 is 0 Å². The summed E-state index contributed by atoms with van der Waals surface area (Å²) in [6.07, 6.45) is -0.206. The summed E-state index contributed by atoms with van der Waals surface area (Å²) in [5, 5.41) is 14.9. The lowest BCUT2D eigenvalue weighted by molar-refractivity contribution is -0.120. The first-order chi connectivity index (χ1) is 15.6. The molecule has 3 aromatic rings. The van der Waals surface area contributed by atoms with E-state index >= 15 is 0 Å². The Kier molecular flexibility index (Phi) is 5.80. The number of fused-ring (bicyclic) bond motifs is 2. The number of aliphatic hydroxyl groups is 1. The molecule has 2 heterocycles. The van der Waals surface area contributed by atoms with Gasteiger partial charge in [0.05, 0.1) is 0 Å². The second-order valence-corrected chi connectivity index (χ2v) is 9.34. The molecule has 8 nitrogen and oxygen atoms in total. The molecule has 0 spiro atoms. The lowest BCUT2D eigenvalue weighted by Gasteiger charge is -2.31. The number of carbonyl (C=O) groups excluding carboxylic acids is 1. The van der Waals surface area contributed by atoms with Gasteiger partial charge in [0.1, 0.15) is 12.6 Å². The van der Waals surface area contributed by atoms with Crippen LogP contribution in [0.2, 0.25) is 0 Å². The molecule has 0 saturated carbocycles. The summed E-state index contributed by atoms with van der Waals surface area (Å²) in [5.41, 5.74) is 6.70. The molecule has 4 rings (SSSR count). The van der Waals surface area contributed by atoms with Crippen molar-refractivity contribution in [2.45, 2.75) is 51.5 Å². The number of rotatable bonds is 5. The fourth-order valence-corrected chi connectivity index (χ4v) is 3.82. The fourth-order valence-electron chi connectivity index (χ4n) is 3.82. The minimum absolute atomic E-state index is 0.0154. The Morgan fingerprint density at radius 1 is 1.18 bits per heavy atom. The molecular formula is C25H29N3O5. The molecule has 1 amide bonds. The second kappa shape index (κ2) is 8.44. The molecule has 1 aliphatic rings. The fraction of sp³-hybridized carbons (Fsp3) is 0.360. The van der Waals surface area contributed by atoms with Crippen molar-refractivity contribution in [3.8, 4) is 11.5 Å². The molecule has 2 aromatic carbocycles. The van der Waals surface area contributed by atoms with Crippen molar-refractivity contribution >= 4 is 22.4 Å². The van der Waals surface area contributed by atoms with Crippen molar-refractivity contribution in [1.29, 1.82) is 0 Å². The van der Waals surface area contributed by atoms with Crippen molar-refractivity contribution in [3.63, 3.8) is 0 Å². The van der Waals surface area contributed by atoms with Crippen LogP contribution in [0, 0.1) is 0 Å². The van der Waals surface area contributed by atoms with Gasteiger partial charge in [0.15, 0.2) is 23.8 Å². The predicted molar refractivity (Wildman–Crippen MR) is 127 cm³/mol. The standard InChI is InChI=1S/C25H29N3O5/c1-14(22(26)29)28-11-10-16-17(24(28)31)6-5-7-18(16)27-23(30)21-13-32-20-12-15(25(2,3)4)8-9-19(20)33-21/h5-12,14,21,23,27,30H,13H2,1-4H3,(H2,26,29)/t14?,21?,23-/m0/s1. The predicted octanol–water partition coefficient (Wildman–Crippen LogP) is 2.92. The van der Waals surface area contributed by atoms with Crippen molar-refractivity contribution in [2.75, 3.05) is 11.9 Å². The van der Waals surface area contributed by atoms with Crippen LogP contribution >= 0.6 is 0 Å². The highest BCUT2D eigenvalue weighted by Crippen LogP contribution is 2.36. The molecular weight excluding hydrogens is 422 g/mol. The maximum atomic E-state index is 12.9. The van der Waals surface area contributed by atoms with E-state index in [2.05, 4.69) is 26.1 Å². The zero-order chi connectivity index (χ0) is 23.9. The van der Waals surface area contributed by atoms with Gasteiger partial charge in [0.25, 0.3) is 5.56 Å². The van der Waals surface area contributed by atoms with Crippen molar-refractivity contribution in [3.05, 3.63) is 64.6 Å². The summed E-state index contributed by atoms with van der Waals surface area (Å²) in [6, 6.07) is 11.9. The van der Waals surface area contributed by atoms with E-state index in [1.807, 2.05) is 18.2 Å². The number of pyridine rings is 1. The Labute approximate surface area is 191 Å². The maximum absolute atomic E-state index is 12.9. The molecule has 174 valence electrons. The Morgan fingerprint density at radius 2 is 1.94 bits per heavy atom. The highest BCUT2D eigenvalue weighted by molar-refractivity contribution is 5.93. The van der Waals surface area contributed by atoms with Gasteiger partial charge in [-0.3, -0.25) is 9.59 Å². The Bertz CT molecular complexity index is 1260. The Morgan fingerprint density at radius 3 is 2.64 bits per heavy atom. The van der Waals surface area contributed by atoms with E-state index in [4.69, 9.17) is 15.2 Å². The normalized spacial score (nSPS) is 17.4. The van der Waals surface area contributed by atoms with E-state index < -0.39 is 24.3 Å². The van der Waals surface area contributed by atoms with Crippen LogP contribution in [0.1, 0.15) is 39.3 Å². The molecule has 4 N–H and O–H groups in total. The zero-order valence-electron chi connectivity index (χ0n) is 19.2. The number of nitrogens with zero attached hydrogens (tertiary/aromatic N) is 1. The number of anilines is 1. The SMILES string of the molecule is CC(C(N)=O)n1ccc2c(N[C@@H](O)C3COc4cc(C(C)(C)C)ccc4O3)cccc2c1=O. The number of amides is 1. The van der Waals surface area contributed by atoms with E-state index in [0.29, 0.717) is 28.0 Å². The quantitative estimate of drug-likeness (QED) is 0.514. The largest absolute Gasteiger partial charge is 0.486 e. The summed E-state index contributed by atoms with van der Waals surface area (Å²) in [4.78, 5) is 24.4. The highest BCUT2D eigenvalue weighted by atomic mass is 16.6. The summed E-state index contributed by atoms with van der Waals surface area (Å²) in [5.74, 6) is 0.631. The van der Waals surface area contributed by atoms with E-state index in [0.717, 1.165) is 5.56 Å². The molecule has 1 aliphatic heterocycles. The Balaban J connectivity index is 1.56. The number of hydrogen-bond donors (Lipinski definition) is 3. The third kappa shape index (κ3) is 4.39.